The van der Waals surface area contributed by atoms with Gasteiger partial charge in [0.15, 0.2) is 0 Å². The molecule has 1 aliphatic carbocycles. The predicted octanol–water partition coefficient (Wildman–Crippen LogP) is 6.84. The molecular weight excluding hydrogens is 216 g/mol. The third kappa shape index (κ3) is 11.1. The van der Waals surface area contributed by atoms with Crippen LogP contribution in [0, 0.1) is 6.42 Å². The standard InChI is InChI=1S/C18H35/c1-2-4-6-8-10-12-14-16-18-17-15-13-11-9-7-5-3-1/h1H,2-18H2. The molecule has 0 aromatic rings. The van der Waals surface area contributed by atoms with E-state index in [1.165, 1.54) is 109 Å². The Morgan fingerprint density at radius 3 is 0.778 bits per heavy atom. The summed E-state index contributed by atoms with van der Waals surface area (Å²) in [5.74, 6) is 0. The summed E-state index contributed by atoms with van der Waals surface area (Å²) in [4.78, 5) is 0. The predicted molar refractivity (Wildman–Crippen MR) is 82.8 cm³/mol. The topological polar surface area (TPSA) is 0 Å². The van der Waals surface area contributed by atoms with Crippen LogP contribution in [0.5, 0.6) is 0 Å². The lowest BCUT2D eigenvalue weighted by Crippen LogP contribution is -1.86. The molecule has 0 bridgehead atoms. The summed E-state index contributed by atoms with van der Waals surface area (Å²) < 4.78 is 0. The summed E-state index contributed by atoms with van der Waals surface area (Å²) in [6, 6.07) is 0. The first-order valence-corrected chi connectivity index (χ1v) is 8.82. The minimum atomic E-state index is 1.38. The molecule has 0 amide bonds. The second-order valence-corrected chi connectivity index (χ2v) is 6.17. The maximum atomic E-state index is 2.54. The zero-order valence-corrected chi connectivity index (χ0v) is 12.6. The highest BCUT2D eigenvalue weighted by atomic mass is 14.0. The Balaban J connectivity index is 2.00. The van der Waals surface area contributed by atoms with Crippen molar-refractivity contribution >= 4 is 0 Å². The van der Waals surface area contributed by atoms with E-state index in [9.17, 15) is 0 Å². The first kappa shape index (κ1) is 16.1. The Labute approximate surface area is 116 Å². The summed E-state index contributed by atoms with van der Waals surface area (Å²) in [5, 5.41) is 0. The smallest absolute Gasteiger partial charge is 0.0386 e. The van der Waals surface area contributed by atoms with Crippen LogP contribution in [0.4, 0.5) is 0 Å². The Kier molecular flexibility index (Phi) is 12.0. The van der Waals surface area contributed by atoms with Gasteiger partial charge in [-0.15, -0.1) is 0 Å². The molecule has 0 heteroatoms. The van der Waals surface area contributed by atoms with Crippen molar-refractivity contribution in [2.75, 3.05) is 0 Å². The van der Waals surface area contributed by atoms with Crippen LogP contribution in [-0.4, -0.2) is 0 Å². The van der Waals surface area contributed by atoms with Gasteiger partial charge in [-0.05, 0) is 6.42 Å². The van der Waals surface area contributed by atoms with Crippen molar-refractivity contribution in [2.45, 2.75) is 109 Å². The molecule has 0 aromatic heterocycles. The van der Waals surface area contributed by atoms with E-state index in [4.69, 9.17) is 0 Å². The van der Waals surface area contributed by atoms with Crippen LogP contribution in [0.2, 0.25) is 0 Å². The molecule has 0 aliphatic heterocycles. The summed E-state index contributed by atoms with van der Waals surface area (Å²) in [6.07, 6.45) is 27.5. The van der Waals surface area contributed by atoms with Crippen molar-refractivity contribution in [3.63, 3.8) is 0 Å². The monoisotopic (exact) mass is 251 g/mol. The van der Waals surface area contributed by atoms with E-state index in [-0.39, 0.29) is 0 Å². The van der Waals surface area contributed by atoms with E-state index in [0.717, 1.165) is 0 Å². The van der Waals surface area contributed by atoms with Crippen molar-refractivity contribution in [1.82, 2.24) is 0 Å². The van der Waals surface area contributed by atoms with Gasteiger partial charge in [-0.2, -0.15) is 0 Å². The van der Waals surface area contributed by atoms with Gasteiger partial charge in [-0.1, -0.05) is 109 Å². The first-order valence-electron chi connectivity index (χ1n) is 8.82. The highest BCUT2D eigenvalue weighted by Crippen LogP contribution is 2.16. The second kappa shape index (κ2) is 13.4. The molecule has 0 aromatic carbocycles. The highest BCUT2D eigenvalue weighted by Gasteiger charge is 1.96. The SMILES string of the molecule is [CH]1CCCCCCCCCCCCCCCCC1. The largest absolute Gasteiger partial charge is 0.0533 e. The molecule has 0 saturated heterocycles. The van der Waals surface area contributed by atoms with E-state index >= 15 is 0 Å². The Hall–Kier alpha value is 0. The Morgan fingerprint density at radius 1 is 0.278 bits per heavy atom. The lowest BCUT2D eigenvalue weighted by atomic mass is 10.0. The quantitative estimate of drug-likeness (QED) is 0.442. The van der Waals surface area contributed by atoms with Crippen molar-refractivity contribution in [1.29, 1.82) is 0 Å². The molecule has 0 heterocycles. The van der Waals surface area contributed by atoms with Crippen LogP contribution >= 0.6 is 0 Å². The average molecular weight is 251 g/mol. The second-order valence-electron chi connectivity index (χ2n) is 6.17. The maximum Gasteiger partial charge on any atom is -0.0386 e. The van der Waals surface area contributed by atoms with E-state index in [0.29, 0.717) is 0 Å². The molecule has 18 heavy (non-hydrogen) atoms. The molecule has 0 spiro atoms. The fraction of sp³-hybridized carbons (Fsp3) is 0.944. The summed E-state index contributed by atoms with van der Waals surface area (Å²) in [6.45, 7) is 0. The third-order valence-electron chi connectivity index (χ3n) is 4.32. The molecular formula is C18H35. The Bertz CT molecular complexity index is 75.1. The van der Waals surface area contributed by atoms with Gasteiger partial charge in [0, 0.05) is 0 Å². The molecule has 0 N–H and O–H groups in total. The molecule has 1 radical (unpaired) electrons. The zero-order chi connectivity index (χ0) is 12.7. The lowest BCUT2D eigenvalue weighted by Gasteiger charge is -2.05. The van der Waals surface area contributed by atoms with E-state index in [1.807, 2.05) is 0 Å². The van der Waals surface area contributed by atoms with Gasteiger partial charge >= 0.3 is 0 Å². The molecule has 0 nitrogen and oxygen atoms in total. The van der Waals surface area contributed by atoms with Crippen LogP contribution in [0.3, 0.4) is 0 Å². The molecule has 1 aliphatic rings. The van der Waals surface area contributed by atoms with Gasteiger partial charge in [0.2, 0.25) is 0 Å². The molecule has 0 unspecified atom stereocenters. The van der Waals surface area contributed by atoms with Gasteiger partial charge in [-0.25, -0.2) is 0 Å². The van der Waals surface area contributed by atoms with Crippen molar-refractivity contribution < 1.29 is 0 Å². The van der Waals surface area contributed by atoms with E-state index in [1.54, 1.807) is 0 Å². The van der Waals surface area contributed by atoms with Crippen molar-refractivity contribution in [3.05, 3.63) is 6.42 Å². The number of rotatable bonds is 0. The first-order chi connectivity index (χ1) is 9.00. The molecule has 1 fully saturated rings. The maximum absolute atomic E-state index is 2.54. The van der Waals surface area contributed by atoms with Gasteiger partial charge in [0.1, 0.15) is 0 Å². The average Bonchev–Trinajstić information content (AvgIpc) is 2.39. The highest BCUT2D eigenvalue weighted by molar-refractivity contribution is 4.64. The normalized spacial score (nSPS) is 24.0. The molecule has 0 atom stereocenters. The van der Waals surface area contributed by atoms with E-state index < -0.39 is 0 Å². The van der Waals surface area contributed by atoms with Gasteiger partial charge < -0.3 is 0 Å². The molecule has 1 saturated carbocycles. The molecule has 107 valence electrons. The minimum Gasteiger partial charge on any atom is -0.0533 e. The van der Waals surface area contributed by atoms with Crippen LogP contribution in [0.25, 0.3) is 0 Å². The third-order valence-corrected chi connectivity index (χ3v) is 4.32. The summed E-state index contributed by atoms with van der Waals surface area (Å²) >= 11 is 0. The fourth-order valence-corrected chi connectivity index (χ4v) is 3.02. The number of hydrogen-bond donors (Lipinski definition) is 0. The minimum absolute atomic E-state index is 1.38. The van der Waals surface area contributed by atoms with Crippen LogP contribution in [0.15, 0.2) is 0 Å². The number of hydrogen-bond acceptors (Lipinski definition) is 0. The molecule has 1 rings (SSSR count). The van der Waals surface area contributed by atoms with E-state index in [2.05, 4.69) is 6.42 Å². The van der Waals surface area contributed by atoms with Crippen molar-refractivity contribution in [2.24, 2.45) is 0 Å². The van der Waals surface area contributed by atoms with Gasteiger partial charge in [0.25, 0.3) is 0 Å². The Morgan fingerprint density at radius 2 is 0.500 bits per heavy atom. The zero-order valence-electron chi connectivity index (χ0n) is 12.6. The summed E-state index contributed by atoms with van der Waals surface area (Å²) in [5.41, 5.74) is 0. The van der Waals surface area contributed by atoms with Crippen LogP contribution < -0.4 is 0 Å². The fourth-order valence-electron chi connectivity index (χ4n) is 3.02. The van der Waals surface area contributed by atoms with Gasteiger partial charge in [-0.3, -0.25) is 0 Å². The van der Waals surface area contributed by atoms with Crippen LogP contribution in [0.1, 0.15) is 109 Å². The van der Waals surface area contributed by atoms with Crippen molar-refractivity contribution in [3.8, 4) is 0 Å². The van der Waals surface area contributed by atoms with Gasteiger partial charge in [0.05, 0.1) is 0 Å². The summed E-state index contributed by atoms with van der Waals surface area (Å²) in [7, 11) is 0. The van der Waals surface area contributed by atoms with Crippen LogP contribution in [-0.2, 0) is 0 Å². The lowest BCUT2D eigenvalue weighted by molar-refractivity contribution is 0.522.